The Hall–Kier alpha value is -8.28. The number of fused-ring (bicyclic) bond motifs is 5. The molecule has 5 nitrogen and oxygen atoms in total. The Morgan fingerprint density at radius 2 is 0.795 bits per heavy atom. The maximum Gasteiger partial charge on any atom is 0.261 e. The third kappa shape index (κ3) is 9.33. The van der Waals surface area contributed by atoms with Gasteiger partial charge in [0.05, 0.1) is 0 Å². The van der Waals surface area contributed by atoms with Crippen molar-refractivity contribution in [3.8, 4) is 0 Å². The minimum absolute atomic E-state index is 0.0593. The molecule has 390 valence electrons. The number of carbonyl (C=O) groups excluding carboxylic acids is 2. The zero-order valence-corrected chi connectivity index (χ0v) is 47.5. The Balaban J connectivity index is 0.000000151. The van der Waals surface area contributed by atoms with Crippen LogP contribution in [-0.4, -0.2) is 28.3 Å². The van der Waals surface area contributed by atoms with Crippen molar-refractivity contribution in [3.05, 3.63) is 226 Å². The van der Waals surface area contributed by atoms with E-state index in [0.29, 0.717) is 11.1 Å². The fourth-order valence-corrected chi connectivity index (χ4v) is 11.7. The van der Waals surface area contributed by atoms with Gasteiger partial charge in [-0.3, -0.25) is 14.5 Å². The van der Waals surface area contributed by atoms with Gasteiger partial charge in [0.2, 0.25) is 0 Å². The Kier molecular flexibility index (Phi) is 13.0. The fourth-order valence-electron chi connectivity index (χ4n) is 11.7. The van der Waals surface area contributed by atoms with E-state index in [1.165, 1.54) is 98.4 Å². The molecule has 0 N–H and O–H groups in total. The molecule has 0 fully saturated rings. The third-order valence-electron chi connectivity index (χ3n) is 16.2. The average molecular weight is 1020 g/mol. The van der Waals surface area contributed by atoms with Gasteiger partial charge in [0.1, 0.15) is 0 Å². The van der Waals surface area contributed by atoms with Gasteiger partial charge in [-0.15, -0.1) is 0 Å². The van der Waals surface area contributed by atoms with Crippen LogP contribution in [0, 0.1) is 0 Å². The van der Waals surface area contributed by atoms with Crippen LogP contribution in [0.1, 0.15) is 134 Å². The van der Waals surface area contributed by atoms with Crippen LogP contribution in [0.5, 0.6) is 0 Å². The number of carbonyl (C=O) groups is 2. The van der Waals surface area contributed by atoms with Gasteiger partial charge in [0.25, 0.3) is 11.8 Å². The monoisotopic (exact) mass is 1020 g/mol. The van der Waals surface area contributed by atoms with E-state index < -0.39 is 0 Å². The van der Waals surface area contributed by atoms with Crippen LogP contribution >= 0.6 is 0 Å². The van der Waals surface area contributed by atoms with E-state index in [2.05, 4.69) is 255 Å². The molecule has 78 heavy (non-hydrogen) atoms. The molecule has 0 saturated carbocycles. The summed E-state index contributed by atoms with van der Waals surface area (Å²) in [5, 5.41) is 11.7. The first-order chi connectivity index (χ1) is 37.2. The smallest absolute Gasteiger partial charge is 0.261 e. The zero-order chi connectivity index (χ0) is 55.0. The Morgan fingerprint density at radius 1 is 0.397 bits per heavy atom. The second kappa shape index (κ2) is 19.6. The number of allylic oxidation sites excluding steroid dienone is 1. The highest BCUT2D eigenvalue weighted by Crippen LogP contribution is 2.47. The summed E-state index contributed by atoms with van der Waals surface area (Å²) in [5.74, 6) is -0.468. The number of imide groups is 1. The van der Waals surface area contributed by atoms with Crippen molar-refractivity contribution in [3.63, 3.8) is 0 Å². The first-order valence-electron chi connectivity index (χ1n) is 27.5. The number of rotatable bonds is 4. The van der Waals surface area contributed by atoms with Crippen LogP contribution in [0.3, 0.4) is 0 Å². The van der Waals surface area contributed by atoms with Crippen LogP contribution in [0.4, 0.5) is 5.69 Å². The normalized spacial score (nSPS) is 13.9. The molecule has 0 spiro atoms. The van der Waals surface area contributed by atoms with Crippen LogP contribution in [0.15, 0.2) is 170 Å². The SMILES string of the molecule is C/C=C/c1ccc(/C=C/c2ccc(C(C)(C)C)cc2)cc1.CN1C(=O)c2ccc3c4ccc5c6c(ccc(c7ccc(c2c37)C1=O)c64)CN(c1cc(C(C)(C)C)cc(C(C)(C)C)c1)C5.Cn1c2ccccc2c2ccccc21. The molecule has 1 aromatic heterocycles. The van der Waals surface area contributed by atoms with E-state index in [1.807, 2.05) is 19.1 Å². The molecule has 0 unspecified atom stereocenters. The predicted molar refractivity (Wildman–Crippen MR) is 333 cm³/mol. The number of para-hydroxylation sites is 2. The Morgan fingerprint density at radius 3 is 1.23 bits per heavy atom. The molecule has 2 aliphatic heterocycles. The molecule has 0 atom stereocenters. The molecular weight excluding hydrogens is 951 g/mol. The summed E-state index contributed by atoms with van der Waals surface area (Å²) in [6.07, 6.45) is 8.49. The molecule has 5 heteroatoms. The summed E-state index contributed by atoms with van der Waals surface area (Å²) in [4.78, 5) is 30.0. The topological polar surface area (TPSA) is 45.6 Å². The summed E-state index contributed by atoms with van der Waals surface area (Å²) in [7, 11) is 3.68. The van der Waals surface area contributed by atoms with E-state index in [9.17, 15) is 9.59 Å². The van der Waals surface area contributed by atoms with Crippen molar-refractivity contribution in [1.82, 2.24) is 9.47 Å². The summed E-state index contributed by atoms with van der Waals surface area (Å²) < 4.78 is 2.24. The van der Waals surface area contributed by atoms with Crippen LogP contribution < -0.4 is 4.90 Å². The van der Waals surface area contributed by atoms with E-state index in [4.69, 9.17) is 0 Å². The molecule has 13 rings (SSSR count). The highest BCUT2D eigenvalue weighted by atomic mass is 16.2. The molecule has 10 aromatic carbocycles. The number of hydrogen-bond donors (Lipinski definition) is 0. The molecule has 0 aliphatic carbocycles. The standard InChI is InChI=1S/C39H36N2O2.C21H24.C13H11N/c1-38(2,3)23-16-24(39(4,5)6)18-25(17-23)41-19-21-8-10-26-28-12-14-30-35-31(37(43)40(7)36(30)42)15-13-29(34(28)35)27-11-9-22(20-41)32(21)33(26)27;1-5-6-17-7-9-18(10-8-17)11-12-19-13-15-20(16-14-19)21(2,3)4;1-14-12-8-4-2-6-10(12)11-7-3-5-9-13(11)14/h8-18H,19-20H2,1-7H3;5-16H,1-4H3;2-9H,1H3/b;6-5+,12-11+;. The van der Waals surface area contributed by atoms with Gasteiger partial charge >= 0.3 is 0 Å². The average Bonchev–Trinajstić information content (AvgIpc) is 3.78. The Labute approximate surface area is 460 Å². The van der Waals surface area contributed by atoms with Gasteiger partial charge in [0, 0.05) is 71.2 Å². The van der Waals surface area contributed by atoms with Crippen LogP contribution in [0.2, 0.25) is 0 Å². The summed E-state index contributed by atoms with van der Waals surface area (Å²) >= 11 is 0. The number of benzene rings is 10. The Bertz CT molecular complexity index is 4010. The van der Waals surface area contributed by atoms with Crippen molar-refractivity contribution < 1.29 is 9.59 Å². The van der Waals surface area contributed by atoms with E-state index in [0.717, 1.165) is 34.6 Å². The zero-order valence-electron chi connectivity index (χ0n) is 47.5. The number of anilines is 1. The lowest BCUT2D eigenvalue weighted by molar-refractivity contribution is 0.0650. The van der Waals surface area contributed by atoms with Crippen molar-refractivity contribution >= 4 is 101 Å². The highest BCUT2D eigenvalue weighted by molar-refractivity contribution is 6.38. The lowest BCUT2D eigenvalue weighted by atomic mass is 9.80. The van der Waals surface area contributed by atoms with E-state index in [-0.39, 0.29) is 28.1 Å². The molecule has 0 radical (unpaired) electrons. The van der Waals surface area contributed by atoms with Gasteiger partial charge in [-0.25, -0.2) is 0 Å². The highest BCUT2D eigenvalue weighted by Gasteiger charge is 2.33. The van der Waals surface area contributed by atoms with E-state index >= 15 is 0 Å². The largest absolute Gasteiger partial charge is 0.363 e. The van der Waals surface area contributed by atoms with Crippen molar-refractivity contribution in [2.45, 2.75) is 98.6 Å². The molecule has 3 heterocycles. The van der Waals surface area contributed by atoms with Crippen molar-refractivity contribution in [2.75, 3.05) is 11.9 Å². The van der Waals surface area contributed by atoms with Gasteiger partial charge in [-0.2, -0.15) is 0 Å². The summed E-state index contributed by atoms with van der Waals surface area (Å²) in [5.41, 5.74) is 15.9. The van der Waals surface area contributed by atoms with Crippen molar-refractivity contribution in [2.24, 2.45) is 7.05 Å². The van der Waals surface area contributed by atoms with Gasteiger partial charge in [0.15, 0.2) is 0 Å². The van der Waals surface area contributed by atoms with Gasteiger partial charge < -0.3 is 9.47 Å². The number of aromatic nitrogens is 1. The molecule has 2 aliphatic rings. The molecular formula is C73H71N3O2. The quantitative estimate of drug-likeness (QED) is 0.0764. The maximum absolute atomic E-state index is 13.1. The predicted octanol–water partition coefficient (Wildman–Crippen LogP) is 18.6. The van der Waals surface area contributed by atoms with Crippen molar-refractivity contribution in [1.29, 1.82) is 0 Å². The number of amides is 2. The summed E-state index contributed by atoms with van der Waals surface area (Å²) in [6.45, 7) is 24.2. The second-order valence-corrected chi connectivity index (χ2v) is 24.6. The maximum atomic E-state index is 13.1. The summed E-state index contributed by atoms with van der Waals surface area (Å²) in [6, 6.07) is 58.7. The third-order valence-corrected chi connectivity index (χ3v) is 16.2. The number of aryl methyl sites for hydroxylation is 1. The lowest BCUT2D eigenvalue weighted by Gasteiger charge is -2.34. The lowest BCUT2D eigenvalue weighted by Crippen LogP contribution is -2.36. The van der Waals surface area contributed by atoms with Gasteiger partial charge in [-0.1, -0.05) is 214 Å². The minimum Gasteiger partial charge on any atom is -0.363 e. The van der Waals surface area contributed by atoms with Gasteiger partial charge in [-0.05, 0) is 142 Å². The minimum atomic E-state index is -0.234. The fraction of sp³-hybridized carbons (Fsp3) is 0.233. The molecule has 11 aromatic rings. The number of nitrogens with zero attached hydrogens (tertiary/aromatic N) is 3. The molecule has 2 amide bonds. The van der Waals surface area contributed by atoms with E-state index in [1.54, 1.807) is 7.05 Å². The van der Waals surface area contributed by atoms with Crippen LogP contribution in [-0.2, 0) is 36.4 Å². The second-order valence-electron chi connectivity index (χ2n) is 24.6. The first kappa shape index (κ1) is 51.8. The number of hydrogen-bond acceptors (Lipinski definition) is 3. The molecule has 0 saturated heterocycles. The first-order valence-corrected chi connectivity index (χ1v) is 27.5. The molecule has 0 bridgehead atoms. The van der Waals surface area contributed by atoms with Crippen LogP contribution in [0.25, 0.3) is 83.1 Å².